The largest absolute Gasteiger partial charge is 0.492 e. The minimum absolute atomic E-state index is 0.0550. The summed E-state index contributed by atoms with van der Waals surface area (Å²) in [6, 6.07) is 16.1. The SMILES string of the molecule is CCS(=O)(=O)N1CC(C(=O)NCCOc2ccccc2)Oc2ccccc21. The van der Waals surface area contributed by atoms with Gasteiger partial charge in [0.05, 0.1) is 24.5 Å². The maximum Gasteiger partial charge on any atom is 0.263 e. The van der Waals surface area contributed by atoms with Gasteiger partial charge in [-0.3, -0.25) is 9.10 Å². The number of carbonyl (C=O) groups is 1. The Morgan fingerprint density at radius 2 is 1.89 bits per heavy atom. The number of anilines is 1. The molecule has 1 aliphatic rings. The van der Waals surface area contributed by atoms with Crippen LogP contribution in [0.1, 0.15) is 6.92 Å². The van der Waals surface area contributed by atoms with Crippen LogP contribution in [0.4, 0.5) is 5.69 Å². The number of amides is 1. The Hall–Kier alpha value is -2.74. The molecule has 0 fully saturated rings. The quantitative estimate of drug-likeness (QED) is 0.729. The van der Waals surface area contributed by atoms with Crippen LogP contribution in [0.5, 0.6) is 11.5 Å². The summed E-state index contributed by atoms with van der Waals surface area (Å²) in [5.74, 6) is 0.661. The molecule has 0 aromatic heterocycles. The highest BCUT2D eigenvalue weighted by Crippen LogP contribution is 2.34. The summed E-state index contributed by atoms with van der Waals surface area (Å²) in [5, 5.41) is 2.73. The van der Waals surface area contributed by atoms with Crippen molar-refractivity contribution in [2.45, 2.75) is 13.0 Å². The predicted octanol–water partition coefficient (Wildman–Crippen LogP) is 1.80. The molecule has 1 atom stereocenters. The minimum Gasteiger partial charge on any atom is -0.492 e. The number of ether oxygens (including phenoxy) is 2. The number of hydrogen-bond acceptors (Lipinski definition) is 5. The van der Waals surface area contributed by atoms with Crippen LogP contribution in [-0.2, 0) is 14.8 Å². The van der Waals surface area contributed by atoms with Crippen molar-refractivity contribution >= 4 is 21.6 Å². The molecular formula is C19H22N2O5S. The maximum atomic E-state index is 12.5. The molecule has 27 heavy (non-hydrogen) atoms. The van der Waals surface area contributed by atoms with E-state index < -0.39 is 16.1 Å². The average Bonchev–Trinajstić information content (AvgIpc) is 2.71. The second-order valence-corrected chi connectivity index (χ2v) is 8.14. The van der Waals surface area contributed by atoms with Crippen LogP contribution in [0.2, 0.25) is 0 Å². The Bertz CT molecular complexity index is 886. The molecule has 2 aromatic rings. The first-order valence-electron chi connectivity index (χ1n) is 8.73. The van der Waals surface area contributed by atoms with Crippen molar-refractivity contribution in [1.29, 1.82) is 0 Å². The third kappa shape index (κ3) is 4.51. The summed E-state index contributed by atoms with van der Waals surface area (Å²) in [6.45, 7) is 2.10. The molecule has 2 aromatic carbocycles. The second-order valence-electron chi connectivity index (χ2n) is 5.96. The predicted molar refractivity (Wildman–Crippen MR) is 103 cm³/mol. The van der Waals surface area contributed by atoms with Gasteiger partial charge in [-0.1, -0.05) is 30.3 Å². The number of para-hydroxylation sites is 3. The summed E-state index contributed by atoms with van der Waals surface area (Å²) in [5.41, 5.74) is 0.454. The molecule has 0 spiro atoms. The molecule has 0 bridgehead atoms. The Labute approximate surface area is 158 Å². The van der Waals surface area contributed by atoms with E-state index in [4.69, 9.17) is 9.47 Å². The fourth-order valence-electron chi connectivity index (χ4n) is 2.73. The number of sulfonamides is 1. The lowest BCUT2D eigenvalue weighted by Crippen LogP contribution is -2.51. The number of nitrogens with zero attached hydrogens (tertiary/aromatic N) is 1. The van der Waals surface area contributed by atoms with Gasteiger partial charge >= 0.3 is 0 Å². The summed E-state index contributed by atoms with van der Waals surface area (Å²) in [7, 11) is -3.51. The summed E-state index contributed by atoms with van der Waals surface area (Å²) >= 11 is 0. The smallest absolute Gasteiger partial charge is 0.263 e. The molecule has 7 nitrogen and oxygen atoms in total. The number of nitrogens with one attached hydrogen (secondary N) is 1. The molecule has 144 valence electrons. The van der Waals surface area contributed by atoms with E-state index in [-0.39, 0.29) is 24.7 Å². The van der Waals surface area contributed by atoms with E-state index in [1.165, 1.54) is 4.31 Å². The van der Waals surface area contributed by atoms with Gasteiger partial charge in [-0.2, -0.15) is 0 Å². The monoisotopic (exact) mass is 390 g/mol. The van der Waals surface area contributed by atoms with Crippen molar-refractivity contribution in [3.63, 3.8) is 0 Å². The topological polar surface area (TPSA) is 84.9 Å². The third-order valence-electron chi connectivity index (χ3n) is 4.14. The van der Waals surface area contributed by atoms with E-state index in [0.29, 0.717) is 18.0 Å². The van der Waals surface area contributed by atoms with Crippen LogP contribution in [0.25, 0.3) is 0 Å². The molecule has 0 radical (unpaired) electrons. The van der Waals surface area contributed by atoms with Gasteiger partial charge in [0.2, 0.25) is 10.0 Å². The third-order valence-corrected chi connectivity index (χ3v) is 5.89. The van der Waals surface area contributed by atoms with E-state index in [9.17, 15) is 13.2 Å². The highest BCUT2D eigenvalue weighted by atomic mass is 32.2. The van der Waals surface area contributed by atoms with Crippen molar-refractivity contribution in [1.82, 2.24) is 5.32 Å². The lowest BCUT2D eigenvalue weighted by Gasteiger charge is -2.34. The summed E-state index contributed by atoms with van der Waals surface area (Å²) in [6.07, 6.45) is -0.919. The van der Waals surface area contributed by atoms with Crippen LogP contribution in [0.15, 0.2) is 54.6 Å². The van der Waals surface area contributed by atoms with E-state index in [2.05, 4.69) is 5.32 Å². The molecule has 0 saturated carbocycles. The van der Waals surface area contributed by atoms with Crippen molar-refractivity contribution in [3.05, 3.63) is 54.6 Å². The minimum atomic E-state index is -3.51. The normalized spacial score (nSPS) is 16.2. The molecule has 0 aliphatic carbocycles. The number of rotatable bonds is 7. The van der Waals surface area contributed by atoms with E-state index >= 15 is 0 Å². The zero-order valence-electron chi connectivity index (χ0n) is 15.0. The summed E-state index contributed by atoms with van der Waals surface area (Å²) in [4.78, 5) is 12.5. The highest BCUT2D eigenvalue weighted by molar-refractivity contribution is 7.92. The van der Waals surface area contributed by atoms with E-state index in [1.54, 1.807) is 31.2 Å². The van der Waals surface area contributed by atoms with Gasteiger partial charge in [0.25, 0.3) is 5.91 Å². The van der Waals surface area contributed by atoms with Gasteiger partial charge in [-0.15, -0.1) is 0 Å². The van der Waals surface area contributed by atoms with Gasteiger partial charge in [0.1, 0.15) is 18.1 Å². The van der Waals surface area contributed by atoms with Gasteiger partial charge < -0.3 is 14.8 Å². The molecule has 1 N–H and O–H groups in total. The molecule has 1 unspecified atom stereocenters. The fourth-order valence-corrected chi connectivity index (χ4v) is 3.86. The highest BCUT2D eigenvalue weighted by Gasteiger charge is 2.35. The van der Waals surface area contributed by atoms with Gasteiger partial charge in [0, 0.05) is 0 Å². The molecule has 1 heterocycles. The molecule has 8 heteroatoms. The first-order valence-corrected chi connectivity index (χ1v) is 10.3. The van der Waals surface area contributed by atoms with Crippen molar-refractivity contribution in [2.24, 2.45) is 0 Å². The molecule has 1 aliphatic heterocycles. The lowest BCUT2D eigenvalue weighted by atomic mass is 10.2. The second kappa shape index (κ2) is 8.30. The molecule has 0 saturated heterocycles. The summed E-state index contributed by atoms with van der Waals surface area (Å²) < 4.78 is 37.3. The first kappa shape index (κ1) is 19.0. The first-order chi connectivity index (χ1) is 13.0. The van der Waals surface area contributed by atoms with E-state index in [1.807, 2.05) is 30.3 Å². The van der Waals surface area contributed by atoms with Crippen molar-refractivity contribution < 1.29 is 22.7 Å². The van der Waals surface area contributed by atoms with Crippen LogP contribution >= 0.6 is 0 Å². The lowest BCUT2D eigenvalue weighted by molar-refractivity contribution is -0.127. The zero-order valence-corrected chi connectivity index (χ0v) is 15.8. The Balaban J connectivity index is 1.62. The Morgan fingerprint density at radius 3 is 2.63 bits per heavy atom. The standard InChI is InChI=1S/C19H22N2O5S/c1-2-27(23,24)21-14-18(26-17-11-7-6-10-16(17)21)19(22)20-12-13-25-15-8-4-3-5-9-15/h3-11,18H,2,12-14H2,1H3,(H,20,22). The fraction of sp³-hybridized carbons (Fsp3) is 0.316. The maximum absolute atomic E-state index is 12.5. The number of carbonyl (C=O) groups excluding carboxylic acids is 1. The van der Waals surface area contributed by atoms with E-state index in [0.717, 1.165) is 5.75 Å². The van der Waals surface area contributed by atoms with Crippen molar-refractivity contribution in [3.8, 4) is 11.5 Å². The number of benzene rings is 2. The van der Waals surface area contributed by atoms with Crippen LogP contribution in [-0.4, -0.2) is 45.9 Å². The van der Waals surface area contributed by atoms with Gasteiger partial charge in [-0.05, 0) is 31.2 Å². The Kier molecular flexibility index (Phi) is 5.85. The average molecular weight is 390 g/mol. The molecular weight excluding hydrogens is 368 g/mol. The van der Waals surface area contributed by atoms with Crippen LogP contribution in [0.3, 0.4) is 0 Å². The molecule has 1 amide bonds. The van der Waals surface area contributed by atoms with Crippen molar-refractivity contribution in [2.75, 3.05) is 29.8 Å². The zero-order chi connectivity index (χ0) is 19.3. The van der Waals surface area contributed by atoms with Gasteiger partial charge in [-0.25, -0.2) is 8.42 Å². The van der Waals surface area contributed by atoms with Gasteiger partial charge in [0.15, 0.2) is 6.10 Å². The molecule has 3 rings (SSSR count). The van der Waals surface area contributed by atoms with Crippen LogP contribution < -0.4 is 19.1 Å². The number of fused-ring (bicyclic) bond motifs is 1. The number of hydrogen-bond donors (Lipinski definition) is 1. The Morgan fingerprint density at radius 1 is 1.19 bits per heavy atom. The van der Waals surface area contributed by atoms with Crippen LogP contribution in [0, 0.1) is 0 Å².